The lowest BCUT2D eigenvalue weighted by Gasteiger charge is -2.29. The topological polar surface area (TPSA) is 50.3 Å². The molecule has 0 spiro atoms. The largest absolute Gasteiger partial charge is 0.374 e. The van der Waals surface area contributed by atoms with Gasteiger partial charge in [0.05, 0.1) is 12.7 Å². The number of anilines is 1. The zero-order chi connectivity index (χ0) is 12.4. The summed E-state index contributed by atoms with van der Waals surface area (Å²) in [4.78, 5) is 11.0. The fourth-order valence-corrected chi connectivity index (χ4v) is 2.80. The van der Waals surface area contributed by atoms with Gasteiger partial charge in [-0.15, -0.1) is 0 Å². The number of aromatic nitrogens is 2. The quantitative estimate of drug-likeness (QED) is 0.838. The minimum Gasteiger partial charge on any atom is -0.374 e. The molecular formula is C13H20N4O. The minimum absolute atomic E-state index is 0.260. The van der Waals surface area contributed by atoms with Crippen molar-refractivity contribution in [1.29, 1.82) is 0 Å². The first-order valence-corrected chi connectivity index (χ1v) is 6.71. The maximum Gasteiger partial charge on any atom is 0.135 e. The van der Waals surface area contributed by atoms with Crippen molar-refractivity contribution in [2.45, 2.75) is 25.4 Å². The maximum atomic E-state index is 5.74. The minimum atomic E-state index is 0.260. The van der Waals surface area contributed by atoms with Crippen LogP contribution in [0, 0.1) is 0 Å². The van der Waals surface area contributed by atoms with Crippen LogP contribution in [0.4, 0.5) is 5.82 Å². The van der Waals surface area contributed by atoms with Crippen molar-refractivity contribution in [1.82, 2.24) is 15.3 Å². The molecular weight excluding hydrogens is 228 g/mol. The molecule has 1 unspecified atom stereocenters. The number of hydrogen-bond donors (Lipinski definition) is 1. The Bertz CT molecular complexity index is 417. The lowest BCUT2D eigenvalue weighted by atomic mass is 10.2. The normalized spacial score (nSPS) is 22.8. The van der Waals surface area contributed by atoms with Crippen LogP contribution < -0.4 is 10.2 Å². The average Bonchev–Trinajstić information content (AvgIpc) is 2.87. The van der Waals surface area contributed by atoms with Gasteiger partial charge < -0.3 is 15.0 Å². The standard InChI is InChI=1S/C13H20N4O/c1-17(8-10-7-14-5-6-18-10)13-11-3-2-4-12(11)15-9-16-13/h9-10,14H,2-8H2,1H3. The zero-order valence-corrected chi connectivity index (χ0v) is 10.9. The lowest BCUT2D eigenvalue weighted by molar-refractivity contribution is 0.0339. The SMILES string of the molecule is CN(CC1CNCCO1)c1ncnc2c1CCC2. The van der Waals surface area contributed by atoms with E-state index < -0.39 is 0 Å². The Kier molecular flexibility index (Phi) is 3.43. The van der Waals surface area contributed by atoms with Crippen LogP contribution in [0.15, 0.2) is 6.33 Å². The summed E-state index contributed by atoms with van der Waals surface area (Å²) in [5, 5.41) is 3.36. The van der Waals surface area contributed by atoms with Gasteiger partial charge in [0, 0.05) is 37.9 Å². The second kappa shape index (κ2) is 5.20. The Balaban J connectivity index is 1.72. The van der Waals surface area contributed by atoms with Crippen LogP contribution in [0.25, 0.3) is 0 Å². The Labute approximate surface area is 108 Å². The number of ether oxygens (including phenoxy) is 1. The molecule has 1 saturated heterocycles. The van der Waals surface area contributed by atoms with E-state index in [4.69, 9.17) is 4.74 Å². The highest BCUT2D eigenvalue weighted by Crippen LogP contribution is 2.27. The van der Waals surface area contributed by atoms with Gasteiger partial charge in [-0.25, -0.2) is 9.97 Å². The smallest absolute Gasteiger partial charge is 0.135 e. The van der Waals surface area contributed by atoms with E-state index in [9.17, 15) is 0 Å². The van der Waals surface area contributed by atoms with Crippen molar-refractivity contribution in [2.24, 2.45) is 0 Å². The molecule has 1 fully saturated rings. The number of morpholine rings is 1. The van der Waals surface area contributed by atoms with E-state index in [1.165, 1.54) is 17.7 Å². The third kappa shape index (κ3) is 2.33. The van der Waals surface area contributed by atoms with E-state index >= 15 is 0 Å². The predicted molar refractivity (Wildman–Crippen MR) is 69.9 cm³/mol. The number of aryl methyl sites for hydroxylation is 1. The maximum absolute atomic E-state index is 5.74. The first-order chi connectivity index (χ1) is 8.84. The summed E-state index contributed by atoms with van der Waals surface area (Å²) in [7, 11) is 2.10. The van der Waals surface area contributed by atoms with Gasteiger partial charge in [0.1, 0.15) is 12.1 Å². The van der Waals surface area contributed by atoms with Crippen LogP contribution in [-0.2, 0) is 17.6 Å². The monoisotopic (exact) mass is 248 g/mol. The fourth-order valence-electron chi connectivity index (χ4n) is 2.80. The molecule has 1 aromatic heterocycles. The summed E-state index contributed by atoms with van der Waals surface area (Å²) in [5.41, 5.74) is 2.57. The van der Waals surface area contributed by atoms with Crippen LogP contribution in [0.5, 0.6) is 0 Å². The van der Waals surface area contributed by atoms with Gasteiger partial charge in [-0.2, -0.15) is 0 Å². The third-order valence-electron chi connectivity index (χ3n) is 3.70. The highest BCUT2D eigenvalue weighted by molar-refractivity contribution is 5.49. The second-order valence-corrected chi connectivity index (χ2v) is 5.05. The molecule has 98 valence electrons. The van der Waals surface area contributed by atoms with Crippen LogP contribution in [-0.4, -0.2) is 49.4 Å². The first-order valence-electron chi connectivity index (χ1n) is 6.71. The van der Waals surface area contributed by atoms with Crippen LogP contribution >= 0.6 is 0 Å². The summed E-state index contributed by atoms with van der Waals surface area (Å²) in [6.07, 6.45) is 5.36. The Morgan fingerprint density at radius 2 is 2.39 bits per heavy atom. The highest BCUT2D eigenvalue weighted by Gasteiger charge is 2.22. The van der Waals surface area contributed by atoms with Crippen molar-refractivity contribution < 1.29 is 4.74 Å². The van der Waals surface area contributed by atoms with E-state index in [-0.39, 0.29) is 6.10 Å². The van der Waals surface area contributed by atoms with Crippen LogP contribution in [0.1, 0.15) is 17.7 Å². The average molecular weight is 248 g/mol. The number of hydrogen-bond acceptors (Lipinski definition) is 5. The molecule has 5 nitrogen and oxygen atoms in total. The van der Waals surface area contributed by atoms with Crippen molar-refractivity contribution in [3.05, 3.63) is 17.6 Å². The fraction of sp³-hybridized carbons (Fsp3) is 0.692. The zero-order valence-electron chi connectivity index (χ0n) is 10.9. The summed E-state index contributed by atoms with van der Waals surface area (Å²) in [6.45, 7) is 3.58. The van der Waals surface area contributed by atoms with Gasteiger partial charge in [-0.3, -0.25) is 0 Å². The molecule has 2 heterocycles. The molecule has 0 bridgehead atoms. The molecule has 0 amide bonds. The van der Waals surface area contributed by atoms with E-state index in [0.29, 0.717) is 0 Å². The number of fused-ring (bicyclic) bond motifs is 1. The molecule has 3 rings (SSSR count). The molecule has 1 N–H and O–H groups in total. The third-order valence-corrected chi connectivity index (χ3v) is 3.70. The first kappa shape index (κ1) is 11.9. The van der Waals surface area contributed by atoms with Crippen LogP contribution in [0.2, 0.25) is 0 Å². The van der Waals surface area contributed by atoms with E-state index in [2.05, 4.69) is 27.2 Å². The van der Waals surface area contributed by atoms with Crippen molar-refractivity contribution >= 4 is 5.82 Å². The Morgan fingerprint density at radius 1 is 1.44 bits per heavy atom. The van der Waals surface area contributed by atoms with Crippen molar-refractivity contribution in [2.75, 3.05) is 38.2 Å². The molecule has 1 atom stereocenters. The molecule has 1 aliphatic carbocycles. The molecule has 1 aromatic rings. The van der Waals surface area contributed by atoms with E-state index in [1.807, 2.05) is 0 Å². The molecule has 0 aromatic carbocycles. The van der Waals surface area contributed by atoms with E-state index in [1.54, 1.807) is 6.33 Å². The van der Waals surface area contributed by atoms with Crippen molar-refractivity contribution in [3.63, 3.8) is 0 Å². The van der Waals surface area contributed by atoms with Gasteiger partial charge in [0.15, 0.2) is 0 Å². The Hall–Kier alpha value is -1.20. The van der Waals surface area contributed by atoms with Gasteiger partial charge >= 0.3 is 0 Å². The summed E-state index contributed by atoms with van der Waals surface area (Å²) >= 11 is 0. The van der Waals surface area contributed by atoms with Crippen LogP contribution in [0.3, 0.4) is 0 Å². The lowest BCUT2D eigenvalue weighted by Crippen LogP contribution is -2.44. The van der Waals surface area contributed by atoms with Crippen molar-refractivity contribution in [3.8, 4) is 0 Å². The number of rotatable bonds is 3. The predicted octanol–water partition coefficient (Wildman–Crippen LogP) is 0.390. The van der Waals surface area contributed by atoms with E-state index in [0.717, 1.165) is 44.9 Å². The molecule has 1 aliphatic heterocycles. The molecule has 5 heteroatoms. The molecule has 18 heavy (non-hydrogen) atoms. The Morgan fingerprint density at radius 3 is 3.22 bits per heavy atom. The summed E-state index contributed by atoms with van der Waals surface area (Å²) in [5.74, 6) is 1.09. The molecule has 2 aliphatic rings. The molecule has 0 radical (unpaired) electrons. The number of nitrogens with one attached hydrogen (secondary N) is 1. The number of likely N-dealkylation sites (N-methyl/N-ethyl adjacent to an activating group) is 1. The second-order valence-electron chi connectivity index (χ2n) is 5.05. The summed E-state index contributed by atoms with van der Waals surface area (Å²) < 4.78 is 5.74. The van der Waals surface area contributed by atoms with Gasteiger partial charge in [-0.1, -0.05) is 0 Å². The summed E-state index contributed by atoms with van der Waals surface area (Å²) in [6, 6.07) is 0. The number of nitrogens with zero attached hydrogens (tertiary/aromatic N) is 3. The highest BCUT2D eigenvalue weighted by atomic mass is 16.5. The van der Waals surface area contributed by atoms with Gasteiger partial charge in [-0.05, 0) is 19.3 Å². The molecule has 0 saturated carbocycles. The van der Waals surface area contributed by atoms with Gasteiger partial charge in [0.2, 0.25) is 0 Å². The van der Waals surface area contributed by atoms with Gasteiger partial charge in [0.25, 0.3) is 0 Å².